The second kappa shape index (κ2) is 6.10. The average molecular weight is 339 g/mol. The van der Waals surface area contributed by atoms with Crippen LogP contribution in [0, 0.1) is 11.3 Å². The maximum atomic E-state index is 12.3. The van der Waals surface area contributed by atoms with Crippen LogP contribution in [0.1, 0.15) is 27.7 Å². The molecule has 1 aromatic carbocycles. The van der Waals surface area contributed by atoms with Crippen molar-refractivity contribution in [2.45, 2.75) is 32.6 Å². The summed E-state index contributed by atoms with van der Waals surface area (Å²) in [6.45, 7) is 8.39. The quantitative estimate of drug-likeness (QED) is 0.806. The van der Waals surface area contributed by atoms with Gasteiger partial charge in [-0.05, 0) is 23.5 Å². The fourth-order valence-electron chi connectivity index (χ4n) is 1.32. The minimum absolute atomic E-state index is 0.0487. The lowest BCUT2D eigenvalue weighted by molar-refractivity contribution is 0.252. The fraction of sp³-hybridized carbons (Fsp3) is 0.538. The summed E-state index contributed by atoms with van der Waals surface area (Å²) < 4.78 is 27.2. The molecule has 0 radical (unpaired) electrons. The first-order valence-electron chi connectivity index (χ1n) is 6.22. The fourth-order valence-corrected chi connectivity index (χ4v) is 3.31. The first-order chi connectivity index (χ1) is 8.99. The van der Waals surface area contributed by atoms with Crippen LogP contribution in [0.3, 0.4) is 0 Å². The second-order valence-corrected chi connectivity index (χ2v) is 8.26. The SMILES string of the molecule is CC(C)C(C)(C)CNS(=O)(=O)c1ccc(Cl)c(N)c1Cl. The number of sulfonamides is 1. The molecule has 1 rings (SSSR count). The van der Waals surface area contributed by atoms with Crippen molar-refractivity contribution in [1.29, 1.82) is 0 Å². The van der Waals surface area contributed by atoms with Crippen molar-refractivity contribution in [3.05, 3.63) is 22.2 Å². The molecule has 0 aliphatic rings. The average Bonchev–Trinajstić information content (AvgIpc) is 2.33. The molecule has 1 aromatic rings. The number of nitrogen functional groups attached to an aromatic ring is 1. The Labute approximate surface area is 130 Å². The molecule has 0 bridgehead atoms. The van der Waals surface area contributed by atoms with Crippen LogP contribution in [-0.4, -0.2) is 15.0 Å². The van der Waals surface area contributed by atoms with Gasteiger partial charge < -0.3 is 5.73 Å². The highest BCUT2D eigenvalue weighted by Crippen LogP contribution is 2.33. The first-order valence-corrected chi connectivity index (χ1v) is 8.46. The van der Waals surface area contributed by atoms with Crippen LogP contribution in [0.25, 0.3) is 0 Å². The Bertz CT molecular complexity index is 599. The van der Waals surface area contributed by atoms with Gasteiger partial charge in [0.15, 0.2) is 0 Å². The summed E-state index contributed by atoms with van der Waals surface area (Å²) in [6.07, 6.45) is 0. The van der Waals surface area contributed by atoms with E-state index in [0.29, 0.717) is 12.5 Å². The summed E-state index contributed by atoms with van der Waals surface area (Å²) in [5.74, 6) is 0.330. The molecule has 0 heterocycles. The van der Waals surface area contributed by atoms with Crippen LogP contribution in [-0.2, 0) is 10.0 Å². The monoisotopic (exact) mass is 338 g/mol. The van der Waals surface area contributed by atoms with Crippen LogP contribution in [0.5, 0.6) is 0 Å². The summed E-state index contributed by atoms with van der Waals surface area (Å²) in [5, 5.41) is 0.184. The third kappa shape index (κ3) is 3.79. The van der Waals surface area contributed by atoms with Crippen molar-refractivity contribution in [1.82, 2.24) is 4.72 Å². The molecule has 3 N–H and O–H groups in total. The van der Waals surface area contributed by atoms with Gasteiger partial charge in [0.2, 0.25) is 10.0 Å². The summed E-state index contributed by atoms with van der Waals surface area (Å²) in [5.41, 5.74) is 5.55. The lowest BCUT2D eigenvalue weighted by atomic mass is 9.81. The van der Waals surface area contributed by atoms with Crippen LogP contribution >= 0.6 is 23.2 Å². The molecule has 0 saturated heterocycles. The van der Waals surface area contributed by atoms with Gasteiger partial charge in [0.05, 0.1) is 15.7 Å². The van der Waals surface area contributed by atoms with E-state index in [1.54, 1.807) is 0 Å². The number of hydrogen-bond donors (Lipinski definition) is 2. The molecule has 0 unspecified atom stereocenters. The van der Waals surface area contributed by atoms with Crippen molar-refractivity contribution >= 4 is 38.9 Å². The van der Waals surface area contributed by atoms with Gasteiger partial charge in [0.1, 0.15) is 4.90 Å². The van der Waals surface area contributed by atoms with Crippen LogP contribution in [0.2, 0.25) is 10.0 Å². The van der Waals surface area contributed by atoms with Gasteiger partial charge in [0.25, 0.3) is 0 Å². The van der Waals surface area contributed by atoms with Crippen LogP contribution in [0.4, 0.5) is 5.69 Å². The Morgan fingerprint density at radius 2 is 1.85 bits per heavy atom. The summed E-state index contributed by atoms with van der Waals surface area (Å²) in [4.78, 5) is -0.0550. The normalized spacial score (nSPS) is 12.9. The van der Waals surface area contributed by atoms with E-state index in [2.05, 4.69) is 4.72 Å². The number of halogens is 2. The topological polar surface area (TPSA) is 72.2 Å². The van der Waals surface area contributed by atoms with E-state index in [0.717, 1.165) is 0 Å². The van der Waals surface area contributed by atoms with E-state index in [1.165, 1.54) is 12.1 Å². The summed E-state index contributed by atoms with van der Waals surface area (Å²) >= 11 is 11.8. The smallest absolute Gasteiger partial charge is 0.242 e. The largest absolute Gasteiger partial charge is 0.396 e. The maximum Gasteiger partial charge on any atom is 0.242 e. The van der Waals surface area contributed by atoms with E-state index in [1.807, 2.05) is 27.7 Å². The van der Waals surface area contributed by atoms with Crippen molar-refractivity contribution < 1.29 is 8.42 Å². The van der Waals surface area contributed by atoms with Crippen LogP contribution in [0.15, 0.2) is 17.0 Å². The molecule has 0 saturated carbocycles. The highest BCUT2D eigenvalue weighted by molar-refractivity contribution is 7.89. The maximum absolute atomic E-state index is 12.3. The zero-order valence-corrected chi connectivity index (χ0v) is 14.3. The molecule has 0 spiro atoms. The molecule has 0 aliphatic heterocycles. The Morgan fingerprint density at radius 1 is 1.30 bits per heavy atom. The zero-order chi connectivity index (χ0) is 15.7. The van der Waals surface area contributed by atoms with Crippen molar-refractivity contribution in [2.24, 2.45) is 11.3 Å². The van der Waals surface area contributed by atoms with Gasteiger partial charge >= 0.3 is 0 Å². The summed E-state index contributed by atoms with van der Waals surface area (Å²) in [7, 11) is -3.72. The predicted octanol–water partition coefficient (Wildman–Crippen LogP) is 3.54. The number of hydrogen-bond acceptors (Lipinski definition) is 3. The van der Waals surface area contributed by atoms with Crippen molar-refractivity contribution in [3.63, 3.8) is 0 Å². The molecular formula is C13H20Cl2N2O2S. The van der Waals surface area contributed by atoms with E-state index in [9.17, 15) is 8.42 Å². The first kappa shape index (κ1) is 17.6. The number of anilines is 1. The Hall–Kier alpha value is -0.490. The third-order valence-corrected chi connectivity index (χ3v) is 5.95. The lowest BCUT2D eigenvalue weighted by Gasteiger charge is -2.29. The van der Waals surface area contributed by atoms with Gasteiger partial charge in [-0.2, -0.15) is 0 Å². The number of nitrogens with one attached hydrogen (secondary N) is 1. The van der Waals surface area contributed by atoms with Gasteiger partial charge in [-0.3, -0.25) is 0 Å². The van der Waals surface area contributed by atoms with E-state index in [-0.39, 0.29) is 26.0 Å². The highest BCUT2D eigenvalue weighted by Gasteiger charge is 2.27. The van der Waals surface area contributed by atoms with E-state index < -0.39 is 10.0 Å². The second-order valence-electron chi connectivity index (χ2n) is 5.74. The molecule has 0 amide bonds. The minimum atomic E-state index is -3.72. The minimum Gasteiger partial charge on any atom is -0.396 e. The number of nitrogens with two attached hydrogens (primary N) is 1. The number of rotatable bonds is 5. The van der Waals surface area contributed by atoms with E-state index in [4.69, 9.17) is 28.9 Å². The molecular weight excluding hydrogens is 319 g/mol. The van der Waals surface area contributed by atoms with Crippen LogP contribution < -0.4 is 10.5 Å². The molecule has 0 fully saturated rings. The molecule has 0 aliphatic carbocycles. The van der Waals surface area contributed by atoms with E-state index >= 15 is 0 Å². The molecule has 114 valence electrons. The Morgan fingerprint density at radius 3 is 2.35 bits per heavy atom. The zero-order valence-electron chi connectivity index (χ0n) is 12.0. The van der Waals surface area contributed by atoms with Crippen molar-refractivity contribution in [2.75, 3.05) is 12.3 Å². The predicted molar refractivity (Wildman–Crippen MR) is 84.7 cm³/mol. The molecule has 7 heteroatoms. The highest BCUT2D eigenvalue weighted by atomic mass is 35.5. The lowest BCUT2D eigenvalue weighted by Crippen LogP contribution is -2.37. The molecule has 20 heavy (non-hydrogen) atoms. The summed E-state index contributed by atoms with van der Waals surface area (Å²) in [6, 6.07) is 2.77. The van der Waals surface area contributed by atoms with Gasteiger partial charge in [-0.15, -0.1) is 0 Å². The molecule has 4 nitrogen and oxygen atoms in total. The van der Waals surface area contributed by atoms with Crippen molar-refractivity contribution in [3.8, 4) is 0 Å². The Kier molecular flexibility index (Phi) is 5.35. The Balaban J connectivity index is 3.05. The molecule has 0 aromatic heterocycles. The third-order valence-electron chi connectivity index (χ3n) is 3.66. The standard InChI is InChI=1S/C13H20Cl2N2O2S/c1-8(2)13(3,4)7-17-20(18,19)10-6-5-9(14)12(16)11(10)15/h5-6,8,17H,7,16H2,1-4H3. The number of benzene rings is 1. The van der Waals surface area contributed by atoms with Gasteiger partial charge in [-0.25, -0.2) is 13.1 Å². The van der Waals surface area contributed by atoms with Gasteiger partial charge in [-0.1, -0.05) is 50.9 Å². The molecule has 0 atom stereocenters. The van der Waals surface area contributed by atoms with Gasteiger partial charge in [0, 0.05) is 6.54 Å².